The van der Waals surface area contributed by atoms with Crippen LogP contribution in [0.2, 0.25) is 0 Å². The fourth-order valence-corrected chi connectivity index (χ4v) is 2.24. The molecule has 5 nitrogen and oxygen atoms in total. The molecule has 0 aliphatic carbocycles. The first kappa shape index (κ1) is 13.3. The monoisotopic (exact) mass is 252 g/mol. The van der Waals surface area contributed by atoms with Crippen LogP contribution in [0.5, 0.6) is 5.75 Å². The van der Waals surface area contributed by atoms with Gasteiger partial charge in [-0.2, -0.15) is 10.1 Å². The molecule has 1 saturated heterocycles. The molecule has 0 atom stereocenters. The van der Waals surface area contributed by atoms with Gasteiger partial charge in [0, 0.05) is 0 Å². The van der Waals surface area contributed by atoms with Crippen LogP contribution in [0, 0.1) is 0 Å². The van der Waals surface area contributed by atoms with Gasteiger partial charge in [0.25, 0.3) is 0 Å². The lowest BCUT2D eigenvalue weighted by molar-refractivity contribution is -0.223. The van der Waals surface area contributed by atoms with E-state index in [2.05, 4.69) is 0 Å². The van der Waals surface area contributed by atoms with Gasteiger partial charge < -0.3 is 15.5 Å². The highest BCUT2D eigenvalue weighted by Gasteiger charge is 2.58. The average Bonchev–Trinajstić information content (AvgIpc) is 2.38. The zero-order chi connectivity index (χ0) is 13.7. The van der Waals surface area contributed by atoms with Crippen molar-refractivity contribution >= 4 is 0 Å². The molecule has 1 heterocycles. The van der Waals surface area contributed by atoms with Crippen molar-refractivity contribution in [1.29, 1.82) is 0 Å². The average molecular weight is 252 g/mol. The molecule has 100 valence electrons. The lowest BCUT2D eigenvalue weighted by Gasteiger charge is -2.37. The lowest BCUT2D eigenvalue weighted by Crippen LogP contribution is -2.52. The molecule has 1 fully saturated rings. The standard InChI is InChI=1S/C13H20N2O3/c1-12(2)13(3,4)15(18)11(14(12)17)9-6-5-7-10(16)8-9/h5-8,11,16-18H,1-4H3. The van der Waals surface area contributed by atoms with Gasteiger partial charge in [-0.15, -0.1) is 0 Å². The van der Waals surface area contributed by atoms with Crippen LogP contribution in [0.4, 0.5) is 0 Å². The van der Waals surface area contributed by atoms with E-state index in [1.54, 1.807) is 18.2 Å². The van der Waals surface area contributed by atoms with Crippen molar-refractivity contribution in [2.45, 2.75) is 44.9 Å². The Hall–Kier alpha value is -1.14. The summed E-state index contributed by atoms with van der Waals surface area (Å²) in [4.78, 5) is 0. The number of hydrogen-bond acceptors (Lipinski definition) is 5. The van der Waals surface area contributed by atoms with E-state index in [4.69, 9.17) is 0 Å². The molecule has 0 radical (unpaired) electrons. The minimum absolute atomic E-state index is 0.108. The highest BCUT2D eigenvalue weighted by Crippen LogP contribution is 2.47. The van der Waals surface area contributed by atoms with Crippen molar-refractivity contribution in [2.75, 3.05) is 0 Å². The first-order valence-corrected chi connectivity index (χ1v) is 5.95. The van der Waals surface area contributed by atoms with Crippen LogP contribution in [0.1, 0.15) is 39.4 Å². The molecule has 1 aliphatic rings. The van der Waals surface area contributed by atoms with Crippen molar-refractivity contribution in [3.05, 3.63) is 29.8 Å². The van der Waals surface area contributed by atoms with Gasteiger partial charge in [0.1, 0.15) is 11.9 Å². The van der Waals surface area contributed by atoms with Gasteiger partial charge >= 0.3 is 0 Å². The van der Waals surface area contributed by atoms with Gasteiger partial charge in [0.05, 0.1) is 11.1 Å². The highest BCUT2D eigenvalue weighted by molar-refractivity contribution is 5.30. The summed E-state index contributed by atoms with van der Waals surface area (Å²) in [5.41, 5.74) is -0.617. The topological polar surface area (TPSA) is 67.2 Å². The van der Waals surface area contributed by atoms with Gasteiger partial charge in [-0.3, -0.25) is 0 Å². The number of phenols is 1. The van der Waals surface area contributed by atoms with Gasteiger partial charge in [0.15, 0.2) is 0 Å². The Morgan fingerprint density at radius 1 is 1.00 bits per heavy atom. The number of nitrogens with zero attached hydrogens (tertiary/aromatic N) is 2. The summed E-state index contributed by atoms with van der Waals surface area (Å²) in [7, 11) is 0. The van der Waals surface area contributed by atoms with Gasteiger partial charge in [-0.05, 0) is 45.4 Å². The Morgan fingerprint density at radius 3 is 1.94 bits per heavy atom. The molecule has 0 unspecified atom stereocenters. The van der Waals surface area contributed by atoms with E-state index in [1.807, 2.05) is 27.7 Å². The number of phenolic OH excluding ortho intramolecular Hbond substituents is 1. The molecule has 0 bridgehead atoms. The zero-order valence-corrected chi connectivity index (χ0v) is 11.1. The molecular formula is C13H20N2O3. The Balaban J connectivity index is 2.47. The second kappa shape index (κ2) is 3.93. The van der Waals surface area contributed by atoms with E-state index in [0.717, 1.165) is 10.1 Å². The van der Waals surface area contributed by atoms with Crippen LogP contribution in [0.3, 0.4) is 0 Å². The maximum atomic E-state index is 10.3. The van der Waals surface area contributed by atoms with Crippen LogP contribution in [0.25, 0.3) is 0 Å². The molecule has 0 saturated carbocycles. The summed E-state index contributed by atoms with van der Waals surface area (Å²) >= 11 is 0. The molecule has 5 heteroatoms. The van der Waals surface area contributed by atoms with E-state index < -0.39 is 17.2 Å². The summed E-state index contributed by atoms with van der Waals surface area (Å²) < 4.78 is 0. The van der Waals surface area contributed by atoms with Crippen LogP contribution in [0.15, 0.2) is 24.3 Å². The summed E-state index contributed by atoms with van der Waals surface area (Å²) in [5.74, 6) is 0.108. The quantitative estimate of drug-likeness (QED) is 0.716. The zero-order valence-electron chi connectivity index (χ0n) is 11.1. The van der Waals surface area contributed by atoms with E-state index >= 15 is 0 Å². The second-order valence-electron chi connectivity index (χ2n) is 5.78. The molecule has 3 N–H and O–H groups in total. The third-order valence-corrected chi connectivity index (χ3v) is 4.27. The van der Waals surface area contributed by atoms with E-state index in [-0.39, 0.29) is 5.75 Å². The third-order valence-electron chi connectivity index (χ3n) is 4.27. The summed E-state index contributed by atoms with van der Waals surface area (Å²) in [6.45, 7) is 7.44. The van der Waals surface area contributed by atoms with Crippen molar-refractivity contribution in [2.24, 2.45) is 0 Å². The molecule has 1 aliphatic heterocycles. The molecule has 0 amide bonds. The third kappa shape index (κ3) is 1.63. The maximum absolute atomic E-state index is 10.3. The van der Waals surface area contributed by atoms with Gasteiger partial charge in [-0.1, -0.05) is 12.1 Å². The van der Waals surface area contributed by atoms with Crippen molar-refractivity contribution in [3.63, 3.8) is 0 Å². The lowest BCUT2D eigenvalue weighted by atomic mass is 9.84. The Morgan fingerprint density at radius 2 is 1.50 bits per heavy atom. The minimum atomic E-state index is -0.693. The summed E-state index contributed by atoms with van der Waals surface area (Å²) in [6.07, 6.45) is -0.693. The summed E-state index contributed by atoms with van der Waals surface area (Å²) in [6, 6.07) is 6.53. The van der Waals surface area contributed by atoms with Crippen LogP contribution >= 0.6 is 0 Å². The smallest absolute Gasteiger partial charge is 0.136 e. The molecule has 0 spiro atoms. The molecule has 2 rings (SSSR count). The molecule has 1 aromatic carbocycles. The van der Waals surface area contributed by atoms with Gasteiger partial charge in [-0.25, -0.2) is 0 Å². The predicted molar refractivity (Wildman–Crippen MR) is 66.3 cm³/mol. The predicted octanol–water partition coefficient (Wildman–Crippen LogP) is 2.34. The number of aromatic hydroxyl groups is 1. The fourth-order valence-electron chi connectivity index (χ4n) is 2.24. The minimum Gasteiger partial charge on any atom is -0.508 e. The van der Waals surface area contributed by atoms with Crippen molar-refractivity contribution < 1.29 is 15.5 Å². The van der Waals surface area contributed by atoms with E-state index in [1.165, 1.54) is 6.07 Å². The van der Waals surface area contributed by atoms with Crippen molar-refractivity contribution in [3.8, 4) is 5.75 Å². The number of benzene rings is 1. The number of rotatable bonds is 1. The van der Waals surface area contributed by atoms with Crippen LogP contribution < -0.4 is 0 Å². The maximum Gasteiger partial charge on any atom is 0.136 e. The molecule has 18 heavy (non-hydrogen) atoms. The largest absolute Gasteiger partial charge is 0.508 e. The molecule has 0 aromatic heterocycles. The Labute approximate surface area is 107 Å². The number of hydroxylamine groups is 4. The van der Waals surface area contributed by atoms with Crippen LogP contribution in [-0.4, -0.2) is 36.7 Å². The van der Waals surface area contributed by atoms with Crippen molar-refractivity contribution in [1.82, 2.24) is 10.1 Å². The van der Waals surface area contributed by atoms with Crippen LogP contribution in [-0.2, 0) is 0 Å². The molecular weight excluding hydrogens is 232 g/mol. The molecule has 1 aromatic rings. The Bertz CT molecular complexity index is 439. The normalized spacial score (nSPS) is 24.6. The van der Waals surface area contributed by atoms with Gasteiger partial charge in [0.2, 0.25) is 0 Å². The first-order chi connectivity index (χ1) is 8.19. The second-order valence-corrected chi connectivity index (χ2v) is 5.78. The first-order valence-electron chi connectivity index (χ1n) is 5.95. The van der Waals surface area contributed by atoms with E-state index in [0.29, 0.717) is 5.56 Å². The number of hydrogen-bond donors (Lipinski definition) is 3. The van der Waals surface area contributed by atoms with E-state index in [9.17, 15) is 15.5 Å². The SMILES string of the molecule is CC1(C)N(O)C(c2cccc(O)c2)N(O)C1(C)C. The summed E-state index contributed by atoms with van der Waals surface area (Å²) in [5, 5.41) is 32.4. The Kier molecular flexibility index (Phi) is 2.90. The fraction of sp³-hybridized carbons (Fsp3) is 0.538. The highest BCUT2D eigenvalue weighted by atomic mass is 16.6.